The largest absolute Gasteiger partial charge is 0.493 e. The molecule has 1 aromatic heterocycles. The fourth-order valence-electron chi connectivity index (χ4n) is 2.87. The monoisotopic (exact) mass is 346 g/mol. The van der Waals surface area contributed by atoms with Gasteiger partial charge in [0.1, 0.15) is 11.1 Å². The molecule has 0 aliphatic heterocycles. The van der Waals surface area contributed by atoms with Crippen molar-refractivity contribution < 1.29 is 18.7 Å². The van der Waals surface area contributed by atoms with Gasteiger partial charge in [-0.2, -0.15) is 0 Å². The Kier molecular flexibility index (Phi) is 3.89. The number of fused-ring (bicyclic) bond motifs is 3. The third-order valence-electron chi connectivity index (χ3n) is 4.13. The van der Waals surface area contributed by atoms with Crippen LogP contribution in [0, 0.1) is 0 Å². The lowest BCUT2D eigenvalue weighted by Crippen LogP contribution is -2.19. The molecule has 128 valence electrons. The topological polar surface area (TPSA) is 65.7 Å². The average Bonchev–Trinajstić information content (AvgIpc) is 2.67. The first-order valence-electron chi connectivity index (χ1n) is 7.98. The van der Waals surface area contributed by atoms with Crippen molar-refractivity contribution in [3.63, 3.8) is 0 Å². The van der Waals surface area contributed by atoms with Gasteiger partial charge in [-0.1, -0.05) is 42.5 Å². The van der Waals surface area contributed by atoms with E-state index in [-0.39, 0.29) is 11.3 Å². The van der Waals surface area contributed by atoms with Crippen LogP contribution in [-0.4, -0.2) is 13.1 Å². The van der Waals surface area contributed by atoms with Gasteiger partial charge >= 0.3 is 11.6 Å². The lowest BCUT2D eigenvalue weighted by atomic mass is 10.0. The highest BCUT2D eigenvalue weighted by Gasteiger charge is 2.18. The summed E-state index contributed by atoms with van der Waals surface area (Å²) in [6, 6.07) is 19.5. The van der Waals surface area contributed by atoms with Gasteiger partial charge in [-0.25, -0.2) is 9.59 Å². The highest BCUT2D eigenvalue weighted by atomic mass is 16.6. The molecule has 0 aliphatic carbocycles. The lowest BCUT2D eigenvalue weighted by Gasteiger charge is -2.09. The van der Waals surface area contributed by atoms with Crippen LogP contribution in [0.3, 0.4) is 0 Å². The van der Waals surface area contributed by atoms with E-state index in [0.717, 1.165) is 10.8 Å². The quantitative estimate of drug-likeness (QED) is 0.241. The van der Waals surface area contributed by atoms with Crippen molar-refractivity contribution in [3.8, 4) is 11.5 Å². The van der Waals surface area contributed by atoms with Crippen LogP contribution < -0.4 is 15.1 Å². The standard InChI is InChI=1S/C21H14O5/c1-24-18-8-4-5-9-19(18)26-21(23)16-12-15-14-7-3-2-6-13(14)10-11-17(15)25-20(16)22/h2-12H,1H3. The number of carbonyl (C=O) groups is 1. The molecule has 4 aromatic rings. The Hall–Kier alpha value is -3.60. The molecular formula is C21H14O5. The summed E-state index contributed by atoms with van der Waals surface area (Å²) in [5.41, 5.74) is -0.491. The molecule has 4 rings (SSSR count). The molecule has 0 bridgehead atoms. The van der Waals surface area contributed by atoms with E-state index in [0.29, 0.717) is 16.7 Å². The summed E-state index contributed by atoms with van der Waals surface area (Å²) >= 11 is 0. The highest BCUT2D eigenvalue weighted by Crippen LogP contribution is 2.28. The van der Waals surface area contributed by atoms with Crippen molar-refractivity contribution in [2.24, 2.45) is 0 Å². The minimum atomic E-state index is -0.793. The van der Waals surface area contributed by atoms with Gasteiger partial charge in [0.25, 0.3) is 0 Å². The molecule has 26 heavy (non-hydrogen) atoms. The summed E-state index contributed by atoms with van der Waals surface area (Å²) in [6.45, 7) is 0. The molecule has 0 fully saturated rings. The minimum Gasteiger partial charge on any atom is -0.493 e. The van der Waals surface area contributed by atoms with Crippen molar-refractivity contribution in [2.45, 2.75) is 0 Å². The predicted molar refractivity (Wildman–Crippen MR) is 97.9 cm³/mol. The fourth-order valence-corrected chi connectivity index (χ4v) is 2.87. The fraction of sp³-hybridized carbons (Fsp3) is 0.0476. The van der Waals surface area contributed by atoms with Crippen molar-refractivity contribution in [1.29, 1.82) is 0 Å². The van der Waals surface area contributed by atoms with Crippen LogP contribution >= 0.6 is 0 Å². The van der Waals surface area contributed by atoms with E-state index in [9.17, 15) is 9.59 Å². The zero-order valence-electron chi connectivity index (χ0n) is 13.9. The number of benzene rings is 3. The Morgan fingerprint density at radius 2 is 1.62 bits per heavy atom. The van der Waals surface area contributed by atoms with Gasteiger partial charge in [-0.3, -0.25) is 0 Å². The molecule has 0 saturated heterocycles. The summed E-state index contributed by atoms with van der Waals surface area (Å²) in [5.74, 6) is -0.160. The normalized spacial score (nSPS) is 10.8. The van der Waals surface area contributed by atoms with Gasteiger partial charge in [-0.05, 0) is 35.0 Å². The molecule has 5 heteroatoms. The van der Waals surface area contributed by atoms with Crippen molar-refractivity contribution in [1.82, 2.24) is 0 Å². The second-order valence-corrected chi connectivity index (χ2v) is 5.69. The minimum absolute atomic E-state index is 0.167. The van der Waals surface area contributed by atoms with Crippen LogP contribution in [0.2, 0.25) is 0 Å². The second-order valence-electron chi connectivity index (χ2n) is 5.69. The molecule has 0 spiro atoms. The molecular weight excluding hydrogens is 332 g/mol. The maximum absolute atomic E-state index is 12.5. The molecule has 5 nitrogen and oxygen atoms in total. The number of rotatable bonds is 3. The number of para-hydroxylation sites is 2. The maximum atomic E-state index is 12.5. The van der Waals surface area contributed by atoms with E-state index in [1.165, 1.54) is 13.2 Å². The molecule has 3 aromatic carbocycles. The molecule has 0 amide bonds. The van der Waals surface area contributed by atoms with Crippen LogP contribution in [0.25, 0.3) is 21.7 Å². The van der Waals surface area contributed by atoms with Crippen LogP contribution in [0.4, 0.5) is 0 Å². The van der Waals surface area contributed by atoms with Crippen molar-refractivity contribution >= 4 is 27.7 Å². The Labute approximate surface area is 148 Å². The molecule has 0 atom stereocenters. The SMILES string of the molecule is COc1ccccc1OC(=O)c1cc2c(ccc3ccccc32)oc1=O. The van der Waals surface area contributed by atoms with Gasteiger partial charge in [0, 0.05) is 5.39 Å². The molecule has 0 unspecified atom stereocenters. The van der Waals surface area contributed by atoms with Crippen LogP contribution in [-0.2, 0) is 0 Å². The molecule has 0 radical (unpaired) electrons. The Balaban J connectivity index is 1.83. The van der Waals surface area contributed by atoms with Gasteiger partial charge in [-0.15, -0.1) is 0 Å². The number of methoxy groups -OCH3 is 1. The number of carbonyl (C=O) groups excluding carboxylic acids is 1. The first kappa shape index (κ1) is 15.9. The summed E-state index contributed by atoms with van der Waals surface area (Å²) in [6.07, 6.45) is 0. The number of esters is 1. The van der Waals surface area contributed by atoms with Crippen LogP contribution in [0.15, 0.2) is 75.9 Å². The summed E-state index contributed by atoms with van der Waals surface area (Å²) in [4.78, 5) is 24.8. The van der Waals surface area contributed by atoms with E-state index in [2.05, 4.69) is 0 Å². The molecule has 0 saturated carbocycles. The van der Waals surface area contributed by atoms with E-state index >= 15 is 0 Å². The van der Waals surface area contributed by atoms with Gasteiger partial charge in [0.15, 0.2) is 11.5 Å². The zero-order chi connectivity index (χ0) is 18.1. The molecule has 0 aliphatic rings. The summed E-state index contributed by atoms with van der Waals surface area (Å²) in [5, 5.41) is 2.55. The number of ether oxygens (including phenoxy) is 2. The van der Waals surface area contributed by atoms with E-state index < -0.39 is 11.6 Å². The van der Waals surface area contributed by atoms with E-state index in [1.54, 1.807) is 30.3 Å². The highest BCUT2D eigenvalue weighted by molar-refractivity contribution is 6.07. The third-order valence-corrected chi connectivity index (χ3v) is 4.13. The van der Waals surface area contributed by atoms with Gasteiger partial charge in [0.05, 0.1) is 7.11 Å². The average molecular weight is 346 g/mol. The Morgan fingerprint density at radius 3 is 2.42 bits per heavy atom. The third kappa shape index (κ3) is 2.69. The summed E-state index contributed by atoms with van der Waals surface area (Å²) < 4.78 is 15.8. The first-order valence-corrected chi connectivity index (χ1v) is 7.98. The van der Waals surface area contributed by atoms with Crippen LogP contribution in [0.1, 0.15) is 10.4 Å². The van der Waals surface area contributed by atoms with Gasteiger partial charge < -0.3 is 13.9 Å². The van der Waals surface area contributed by atoms with Gasteiger partial charge in [0.2, 0.25) is 0 Å². The van der Waals surface area contributed by atoms with E-state index in [4.69, 9.17) is 13.9 Å². The van der Waals surface area contributed by atoms with E-state index in [1.807, 2.05) is 30.3 Å². The smallest absolute Gasteiger partial charge is 0.351 e. The zero-order valence-corrected chi connectivity index (χ0v) is 13.9. The maximum Gasteiger partial charge on any atom is 0.351 e. The summed E-state index contributed by atoms with van der Waals surface area (Å²) in [7, 11) is 1.48. The van der Waals surface area contributed by atoms with Crippen molar-refractivity contribution in [3.05, 3.63) is 82.7 Å². The Morgan fingerprint density at radius 1 is 0.885 bits per heavy atom. The predicted octanol–water partition coefficient (Wildman–Crippen LogP) is 4.17. The number of hydrogen-bond acceptors (Lipinski definition) is 5. The number of hydrogen-bond donors (Lipinski definition) is 0. The molecule has 1 heterocycles. The second kappa shape index (κ2) is 6.37. The molecule has 0 N–H and O–H groups in total. The first-order chi connectivity index (χ1) is 12.7. The van der Waals surface area contributed by atoms with Crippen molar-refractivity contribution in [2.75, 3.05) is 7.11 Å². The Bertz CT molecular complexity index is 1190. The lowest BCUT2D eigenvalue weighted by molar-refractivity contribution is 0.0725. The van der Waals surface area contributed by atoms with Crippen LogP contribution in [0.5, 0.6) is 11.5 Å².